The molecular weight excluding hydrogens is 505 g/mol. The minimum atomic E-state index is -4.50. The van der Waals surface area contributed by atoms with Gasteiger partial charge in [0.2, 0.25) is 5.91 Å². The van der Waals surface area contributed by atoms with Crippen LogP contribution in [0.4, 0.5) is 13.2 Å². The molecule has 0 spiro atoms. The number of carbonyl (C=O) groups is 2. The van der Waals surface area contributed by atoms with E-state index in [0.717, 1.165) is 12.1 Å². The number of halogens is 3. The number of esters is 1. The average molecular weight is 531 g/mol. The molecule has 194 valence electrons. The van der Waals surface area contributed by atoms with Gasteiger partial charge in [0.15, 0.2) is 5.17 Å². The summed E-state index contributed by atoms with van der Waals surface area (Å²) >= 11 is 1.28. The highest BCUT2D eigenvalue weighted by Crippen LogP contribution is 2.45. The molecule has 0 aliphatic carbocycles. The number of amides is 1. The van der Waals surface area contributed by atoms with Crippen molar-refractivity contribution in [1.82, 2.24) is 15.2 Å². The number of hydrogen-bond acceptors (Lipinski definition) is 7. The topological polar surface area (TPSA) is 83.9 Å². The number of thioether (sulfide) groups is 1. The van der Waals surface area contributed by atoms with Crippen molar-refractivity contribution in [3.05, 3.63) is 87.9 Å². The number of carbonyl (C=O) groups excluding carboxylic acids is 2. The molecule has 0 saturated carbocycles. The van der Waals surface area contributed by atoms with E-state index in [1.165, 1.54) is 23.9 Å². The standard InChI is InChI=1S/C26H25F3N4O3S/c1-15(2)36-24(35)22-16(3)32-25-33(23(22)17-7-9-18(10-8-17)26(27,28)29)20(14-37-25)12-21(34)31-13-19-6-4-5-11-30-19/h4-11,14-15,23H,12-13H2,1-3H3,(H,31,34)/t23-/m1/s1. The molecule has 2 aromatic rings. The van der Waals surface area contributed by atoms with E-state index in [-0.39, 0.29) is 24.4 Å². The number of alkyl halides is 3. The van der Waals surface area contributed by atoms with Crippen LogP contribution in [-0.4, -0.2) is 33.0 Å². The van der Waals surface area contributed by atoms with Gasteiger partial charge in [-0.15, -0.1) is 0 Å². The van der Waals surface area contributed by atoms with Gasteiger partial charge in [0, 0.05) is 11.9 Å². The molecule has 1 atom stereocenters. The van der Waals surface area contributed by atoms with Crippen LogP contribution in [-0.2, 0) is 27.0 Å². The highest BCUT2D eigenvalue weighted by atomic mass is 32.2. The third-order valence-corrected chi connectivity index (χ3v) is 6.54. The van der Waals surface area contributed by atoms with Crippen LogP contribution in [0.5, 0.6) is 0 Å². The van der Waals surface area contributed by atoms with Crippen molar-refractivity contribution in [2.24, 2.45) is 4.99 Å². The molecule has 1 aromatic carbocycles. The molecular formula is C26H25F3N4O3S. The van der Waals surface area contributed by atoms with E-state index in [2.05, 4.69) is 15.3 Å². The molecule has 1 N–H and O–H groups in total. The van der Waals surface area contributed by atoms with Crippen LogP contribution in [0, 0.1) is 0 Å². The van der Waals surface area contributed by atoms with Crippen molar-refractivity contribution in [2.75, 3.05) is 0 Å². The molecule has 0 fully saturated rings. The van der Waals surface area contributed by atoms with Gasteiger partial charge in [-0.3, -0.25) is 9.78 Å². The second-order valence-electron chi connectivity index (χ2n) is 8.74. The number of hydrogen-bond donors (Lipinski definition) is 1. The number of ether oxygens (including phenoxy) is 1. The minimum absolute atomic E-state index is 0.0262. The third-order valence-electron chi connectivity index (χ3n) is 5.65. The normalized spacial score (nSPS) is 17.4. The first-order chi connectivity index (χ1) is 17.5. The molecule has 7 nitrogen and oxygen atoms in total. The summed E-state index contributed by atoms with van der Waals surface area (Å²) in [5.41, 5.74) is 1.52. The van der Waals surface area contributed by atoms with Crippen molar-refractivity contribution in [3.8, 4) is 0 Å². The van der Waals surface area contributed by atoms with E-state index >= 15 is 0 Å². The summed E-state index contributed by atoms with van der Waals surface area (Å²) in [4.78, 5) is 36.4. The molecule has 37 heavy (non-hydrogen) atoms. The maximum atomic E-state index is 13.2. The molecule has 0 saturated heterocycles. The van der Waals surface area contributed by atoms with Gasteiger partial charge in [0.25, 0.3) is 0 Å². The third kappa shape index (κ3) is 6.04. The van der Waals surface area contributed by atoms with Gasteiger partial charge in [-0.2, -0.15) is 13.2 Å². The second-order valence-corrected chi connectivity index (χ2v) is 9.58. The highest BCUT2D eigenvalue weighted by Gasteiger charge is 2.41. The lowest BCUT2D eigenvalue weighted by atomic mass is 9.93. The van der Waals surface area contributed by atoms with E-state index in [1.54, 1.807) is 49.4 Å². The van der Waals surface area contributed by atoms with Crippen LogP contribution in [0.3, 0.4) is 0 Å². The Morgan fingerprint density at radius 2 is 1.89 bits per heavy atom. The van der Waals surface area contributed by atoms with E-state index in [9.17, 15) is 22.8 Å². The number of fused-ring (bicyclic) bond motifs is 1. The van der Waals surface area contributed by atoms with Crippen LogP contribution < -0.4 is 5.32 Å². The number of benzene rings is 1. The zero-order valence-electron chi connectivity index (χ0n) is 20.4. The van der Waals surface area contributed by atoms with Crippen molar-refractivity contribution in [3.63, 3.8) is 0 Å². The van der Waals surface area contributed by atoms with Crippen LogP contribution >= 0.6 is 11.8 Å². The smallest absolute Gasteiger partial charge is 0.416 e. The molecule has 3 heterocycles. The first-order valence-electron chi connectivity index (χ1n) is 11.5. The molecule has 1 amide bonds. The Labute approximate surface area is 216 Å². The van der Waals surface area contributed by atoms with Crippen LogP contribution in [0.15, 0.2) is 76.0 Å². The van der Waals surface area contributed by atoms with E-state index in [1.807, 2.05) is 6.07 Å². The lowest BCUT2D eigenvalue weighted by Crippen LogP contribution is -2.38. The number of rotatable bonds is 7. The Morgan fingerprint density at radius 3 is 2.51 bits per heavy atom. The number of pyridine rings is 1. The van der Waals surface area contributed by atoms with Crippen LogP contribution in [0.25, 0.3) is 0 Å². The SMILES string of the molecule is CC1=C(C(=O)OC(C)C)[C@@H](c2ccc(C(F)(F)F)cc2)N2C(CC(=O)NCc3ccccn3)=CSC2=N1. The van der Waals surface area contributed by atoms with Gasteiger partial charge in [0.05, 0.1) is 47.6 Å². The molecule has 1 aromatic heterocycles. The fourth-order valence-electron chi connectivity index (χ4n) is 4.00. The number of aromatic nitrogens is 1. The number of nitrogens with one attached hydrogen (secondary N) is 1. The van der Waals surface area contributed by atoms with Crippen molar-refractivity contribution < 1.29 is 27.5 Å². The summed E-state index contributed by atoms with van der Waals surface area (Å²) in [6, 6.07) is 9.22. The number of nitrogens with zero attached hydrogens (tertiary/aromatic N) is 3. The molecule has 2 aliphatic heterocycles. The maximum Gasteiger partial charge on any atom is 0.416 e. The summed E-state index contributed by atoms with van der Waals surface area (Å²) in [6.45, 7) is 5.33. The summed E-state index contributed by atoms with van der Waals surface area (Å²) < 4.78 is 45.1. The molecule has 11 heteroatoms. The zero-order chi connectivity index (χ0) is 26.7. The molecule has 0 radical (unpaired) electrons. The molecule has 0 bridgehead atoms. The summed E-state index contributed by atoms with van der Waals surface area (Å²) in [5.74, 6) is -0.890. The van der Waals surface area contributed by atoms with E-state index in [0.29, 0.717) is 27.8 Å². The predicted octanol–water partition coefficient (Wildman–Crippen LogP) is 5.33. The predicted molar refractivity (Wildman–Crippen MR) is 134 cm³/mol. The first kappa shape index (κ1) is 26.5. The van der Waals surface area contributed by atoms with Gasteiger partial charge in [-0.25, -0.2) is 9.79 Å². The van der Waals surface area contributed by atoms with Crippen molar-refractivity contribution in [1.29, 1.82) is 0 Å². The van der Waals surface area contributed by atoms with Gasteiger partial charge in [-0.1, -0.05) is 30.0 Å². The largest absolute Gasteiger partial charge is 0.459 e. The van der Waals surface area contributed by atoms with Crippen molar-refractivity contribution >= 4 is 28.8 Å². The Hall–Kier alpha value is -3.60. The average Bonchev–Trinajstić information content (AvgIpc) is 3.23. The monoisotopic (exact) mass is 530 g/mol. The first-order valence-corrected chi connectivity index (χ1v) is 12.4. The van der Waals surface area contributed by atoms with Crippen LogP contribution in [0.2, 0.25) is 0 Å². The second kappa shape index (κ2) is 10.8. The number of amidine groups is 1. The number of aliphatic imine (C=N–C) groups is 1. The highest BCUT2D eigenvalue weighted by molar-refractivity contribution is 8.16. The summed E-state index contributed by atoms with van der Waals surface area (Å²) in [5, 5.41) is 5.11. The van der Waals surface area contributed by atoms with Gasteiger partial charge < -0.3 is 15.0 Å². The van der Waals surface area contributed by atoms with E-state index < -0.39 is 29.9 Å². The minimum Gasteiger partial charge on any atom is -0.459 e. The number of allylic oxidation sites excluding steroid dienone is 1. The lowest BCUT2D eigenvalue weighted by molar-refractivity contribution is -0.143. The van der Waals surface area contributed by atoms with Crippen molar-refractivity contribution in [2.45, 2.75) is 52.1 Å². The lowest BCUT2D eigenvalue weighted by Gasteiger charge is -2.36. The zero-order valence-corrected chi connectivity index (χ0v) is 21.2. The Bertz CT molecular complexity index is 1270. The fraction of sp³-hybridized carbons (Fsp3) is 0.308. The Balaban J connectivity index is 1.64. The summed E-state index contributed by atoms with van der Waals surface area (Å²) in [7, 11) is 0. The van der Waals surface area contributed by atoms with Gasteiger partial charge in [0.1, 0.15) is 0 Å². The van der Waals surface area contributed by atoms with E-state index in [4.69, 9.17) is 4.74 Å². The maximum absolute atomic E-state index is 13.2. The Morgan fingerprint density at radius 1 is 1.16 bits per heavy atom. The fourth-order valence-corrected chi connectivity index (χ4v) is 4.96. The molecule has 2 aliphatic rings. The Kier molecular flexibility index (Phi) is 7.72. The molecule has 4 rings (SSSR count). The van der Waals surface area contributed by atoms with Crippen LogP contribution in [0.1, 0.15) is 50.1 Å². The van der Waals surface area contributed by atoms with Gasteiger partial charge >= 0.3 is 12.1 Å². The quantitative estimate of drug-likeness (QED) is 0.487. The van der Waals surface area contributed by atoms with Gasteiger partial charge in [-0.05, 0) is 56.0 Å². The molecule has 0 unspecified atom stereocenters. The summed E-state index contributed by atoms with van der Waals surface area (Å²) in [6.07, 6.45) is -3.30.